The average molecular weight is 431 g/mol. The summed E-state index contributed by atoms with van der Waals surface area (Å²) in [6.45, 7) is 9.12. The van der Waals surface area contributed by atoms with Crippen LogP contribution in [0, 0.1) is 11.8 Å². The second-order valence-electron chi connectivity index (χ2n) is 8.98. The molecule has 0 radical (unpaired) electrons. The third-order valence-corrected chi connectivity index (χ3v) is 6.84. The summed E-state index contributed by atoms with van der Waals surface area (Å²) in [4.78, 5) is 16.2. The first kappa shape index (κ1) is 22.8. The molecule has 1 aromatic carbocycles. The van der Waals surface area contributed by atoms with E-state index >= 15 is 0 Å². The van der Waals surface area contributed by atoms with Crippen molar-refractivity contribution in [1.82, 2.24) is 19.7 Å². The van der Waals surface area contributed by atoms with Gasteiger partial charge in [-0.05, 0) is 23.8 Å². The summed E-state index contributed by atoms with van der Waals surface area (Å²) in [5, 5.41) is 9.90. The molecule has 0 bridgehead atoms. The van der Waals surface area contributed by atoms with Gasteiger partial charge in [-0.3, -0.25) is 9.36 Å². The largest absolute Gasteiger partial charge is 0.341 e. The molecule has 164 valence electrons. The first-order valence-corrected chi connectivity index (χ1v) is 12.0. The van der Waals surface area contributed by atoms with Crippen molar-refractivity contribution in [2.75, 3.05) is 32.9 Å². The number of aromatic nitrogens is 3. The van der Waals surface area contributed by atoms with E-state index in [1.807, 2.05) is 11.0 Å². The van der Waals surface area contributed by atoms with Gasteiger partial charge in [0.1, 0.15) is 6.04 Å². The Balaban J connectivity index is 1.78. The molecule has 1 aromatic heterocycles. The molecule has 1 aliphatic rings. The van der Waals surface area contributed by atoms with Gasteiger partial charge in [0.2, 0.25) is 5.91 Å². The number of nitrogens with one attached hydrogen (secondary N) is 1. The van der Waals surface area contributed by atoms with Gasteiger partial charge in [-0.1, -0.05) is 62.9 Å². The Bertz CT molecular complexity index is 812. The van der Waals surface area contributed by atoms with E-state index in [0.29, 0.717) is 17.6 Å². The highest BCUT2D eigenvalue weighted by Crippen LogP contribution is 2.25. The van der Waals surface area contributed by atoms with Gasteiger partial charge >= 0.3 is 0 Å². The van der Waals surface area contributed by atoms with Crippen LogP contribution in [0.15, 0.2) is 35.5 Å². The predicted molar refractivity (Wildman–Crippen MR) is 122 cm³/mol. The molecule has 1 amide bonds. The van der Waals surface area contributed by atoms with E-state index in [-0.39, 0.29) is 11.9 Å². The van der Waals surface area contributed by atoms with Gasteiger partial charge in [-0.25, -0.2) is 0 Å². The standard InChI is InChI=1S/C23H35N5OS/c1-6-20(26(4)5)22-24-25-23(28(22)15-19-10-8-7-9-11-19)30-16-21(29)27-13-17(2)12-18(3)14-27/h7-11,17-18,20H,6,12-16H2,1-5H3/p+1/t17-,18-,20+/m0/s1. The van der Waals surface area contributed by atoms with Gasteiger partial charge < -0.3 is 9.80 Å². The van der Waals surface area contributed by atoms with E-state index in [4.69, 9.17) is 0 Å². The zero-order valence-electron chi connectivity index (χ0n) is 19.0. The SMILES string of the molecule is CC[C@H](c1nnc(SCC(=O)N2C[C@@H](C)C[C@H](C)C2)n1Cc1ccccc1)[NH+](C)C. The maximum atomic E-state index is 12.9. The number of hydrogen-bond donors (Lipinski definition) is 1. The van der Waals surface area contributed by atoms with Crippen LogP contribution < -0.4 is 4.90 Å². The summed E-state index contributed by atoms with van der Waals surface area (Å²) < 4.78 is 2.20. The highest BCUT2D eigenvalue weighted by Gasteiger charge is 2.28. The minimum absolute atomic E-state index is 0.208. The summed E-state index contributed by atoms with van der Waals surface area (Å²) in [6.07, 6.45) is 2.19. The van der Waals surface area contributed by atoms with Gasteiger partial charge in [-0.2, -0.15) is 0 Å². The number of nitrogens with zero attached hydrogens (tertiary/aromatic N) is 4. The lowest BCUT2D eigenvalue weighted by Crippen LogP contribution is -3.06. The number of hydrogen-bond acceptors (Lipinski definition) is 4. The third-order valence-electron chi connectivity index (χ3n) is 5.89. The van der Waals surface area contributed by atoms with E-state index in [1.54, 1.807) is 0 Å². The van der Waals surface area contributed by atoms with Crippen LogP contribution in [0.1, 0.15) is 51.0 Å². The van der Waals surface area contributed by atoms with E-state index in [0.717, 1.165) is 37.0 Å². The summed E-state index contributed by atoms with van der Waals surface area (Å²) in [5.41, 5.74) is 1.22. The minimum Gasteiger partial charge on any atom is -0.341 e. The van der Waals surface area contributed by atoms with Crippen LogP contribution >= 0.6 is 11.8 Å². The summed E-state index contributed by atoms with van der Waals surface area (Å²) in [7, 11) is 4.31. The number of piperidine rings is 1. The molecule has 1 fully saturated rings. The fourth-order valence-corrected chi connectivity index (χ4v) is 5.36. The topological polar surface area (TPSA) is 55.5 Å². The van der Waals surface area contributed by atoms with Gasteiger partial charge in [0.25, 0.3) is 0 Å². The molecule has 0 aliphatic carbocycles. The quantitative estimate of drug-likeness (QED) is 0.654. The molecule has 6 nitrogen and oxygen atoms in total. The molecule has 7 heteroatoms. The maximum absolute atomic E-state index is 12.9. The van der Waals surface area contributed by atoms with Gasteiger partial charge in [-0.15, -0.1) is 10.2 Å². The number of quaternary nitrogens is 1. The van der Waals surface area contributed by atoms with Crippen molar-refractivity contribution in [3.63, 3.8) is 0 Å². The van der Waals surface area contributed by atoms with E-state index in [1.165, 1.54) is 28.6 Å². The molecule has 3 atom stereocenters. The zero-order chi connectivity index (χ0) is 21.7. The minimum atomic E-state index is 0.208. The number of rotatable bonds is 8. The lowest BCUT2D eigenvalue weighted by Gasteiger charge is -2.35. The highest BCUT2D eigenvalue weighted by molar-refractivity contribution is 7.99. The molecule has 30 heavy (non-hydrogen) atoms. The second-order valence-corrected chi connectivity index (χ2v) is 9.93. The Kier molecular flexibility index (Phi) is 7.94. The highest BCUT2D eigenvalue weighted by atomic mass is 32.2. The second kappa shape index (κ2) is 10.4. The Morgan fingerprint density at radius 2 is 1.83 bits per heavy atom. The molecular weight excluding hydrogens is 394 g/mol. The van der Waals surface area contributed by atoms with Crippen molar-refractivity contribution in [3.8, 4) is 0 Å². The van der Waals surface area contributed by atoms with Crippen LogP contribution in [0.25, 0.3) is 0 Å². The molecule has 2 heterocycles. The first-order chi connectivity index (χ1) is 14.4. The van der Waals surface area contributed by atoms with Gasteiger partial charge in [0.15, 0.2) is 11.0 Å². The monoisotopic (exact) mass is 430 g/mol. The third kappa shape index (κ3) is 5.64. The Hall–Kier alpha value is -1.86. The maximum Gasteiger partial charge on any atom is 0.233 e. The molecule has 0 unspecified atom stereocenters. The first-order valence-electron chi connectivity index (χ1n) is 11.1. The van der Waals surface area contributed by atoms with Crippen molar-refractivity contribution >= 4 is 17.7 Å². The number of carbonyl (C=O) groups excluding carboxylic acids is 1. The van der Waals surface area contributed by atoms with E-state index in [9.17, 15) is 4.79 Å². The van der Waals surface area contributed by atoms with Crippen LogP contribution in [0.5, 0.6) is 0 Å². The van der Waals surface area contributed by atoms with Crippen molar-refractivity contribution in [2.45, 2.75) is 51.4 Å². The van der Waals surface area contributed by atoms with Crippen LogP contribution in [0.2, 0.25) is 0 Å². The lowest BCUT2D eigenvalue weighted by molar-refractivity contribution is -0.893. The van der Waals surface area contributed by atoms with E-state index < -0.39 is 0 Å². The van der Waals surface area contributed by atoms with Crippen molar-refractivity contribution < 1.29 is 9.69 Å². The van der Waals surface area contributed by atoms with Crippen LogP contribution in [-0.4, -0.2) is 58.5 Å². The molecular formula is C23H36N5OS+. The summed E-state index contributed by atoms with van der Waals surface area (Å²) >= 11 is 1.52. The number of carbonyl (C=O) groups is 1. The molecule has 0 saturated carbocycles. The van der Waals surface area contributed by atoms with Gasteiger partial charge in [0.05, 0.1) is 26.4 Å². The van der Waals surface area contributed by atoms with Gasteiger partial charge in [0, 0.05) is 19.5 Å². The zero-order valence-corrected chi connectivity index (χ0v) is 19.8. The Morgan fingerprint density at radius 3 is 2.43 bits per heavy atom. The van der Waals surface area contributed by atoms with Crippen molar-refractivity contribution in [1.29, 1.82) is 0 Å². The number of likely N-dealkylation sites (tertiary alicyclic amines) is 1. The normalized spacial score (nSPS) is 20.5. The Morgan fingerprint density at radius 1 is 1.17 bits per heavy atom. The number of thioether (sulfide) groups is 1. The van der Waals surface area contributed by atoms with Crippen molar-refractivity contribution in [3.05, 3.63) is 41.7 Å². The summed E-state index contributed by atoms with van der Waals surface area (Å²) in [6, 6.07) is 10.7. The smallest absolute Gasteiger partial charge is 0.233 e. The molecule has 1 aliphatic heterocycles. The molecule has 1 N–H and O–H groups in total. The number of amides is 1. The fourth-order valence-electron chi connectivity index (χ4n) is 4.51. The van der Waals surface area contributed by atoms with Crippen LogP contribution in [-0.2, 0) is 11.3 Å². The number of benzene rings is 1. The molecule has 3 rings (SSSR count). The lowest BCUT2D eigenvalue weighted by atomic mass is 9.92. The summed E-state index contributed by atoms with van der Waals surface area (Å²) in [5.74, 6) is 2.77. The molecule has 1 saturated heterocycles. The molecule has 0 spiro atoms. The van der Waals surface area contributed by atoms with Crippen LogP contribution in [0.3, 0.4) is 0 Å². The molecule has 2 aromatic rings. The fraction of sp³-hybridized carbons (Fsp3) is 0.609. The van der Waals surface area contributed by atoms with Crippen LogP contribution in [0.4, 0.5) is 0 Å². The predicted octanol–water partition coefficient (Wildman–Crippen LogP) is 2.52. The Labute approximate surface area is 185 Å². The van der Waals surface area contributed by atoms with Crippen molar-refractivity contribution in [2.24, 2.45) is 11.8 Å². The van der Waals surface area contributed by atoms with E-state index in [2.05, 4.69) is 73.9 Å². The average Bonchev–Trinajstić information content (AvgIpc) is 3.08.